The molecule has 0 unspecified atom stereocenters. The summed E-state index contributed by atoms with van der Waals surface area (Å²) in [4.78, 5) is 18.3. The molecule has 0 aliphatic carbocycles. The molecule has 0 aliphatic rings. The van der Waals surface area contributed by atoms with Gasteiger partial charge in [-0.05, 0) is 36.8 Å². The largest absolute Gasteiger partial charge is 0.497 e. The Morgan fingerprint density at radius 1 is 1.19 bits per heavy atom. The lowest BCUT2D eigenvalue weighted by atomic mass is 10.1. The Morgan fingerprint density at radius 2 is 1.93 bits per heavy atom. The second-order valence-electron chi connectivity index (χ2n) is 6.02. The molecule has 0 saturated carbocycles. The molecule has 3 aromatic rings. The van der Waals surface area contributed by atoms with Crippen LogP contribution in [0, 0.1) is 0 Å². The maximum absolute atomic E-state index is 12.7. The zero-order valence-corrected chi connectivity index (χ0v) is 15.5. The number of rotatable bonds is 7. The lowest BCUT2D eigenvalue weighted by Crippen LogP contribution is -2.29. The Bertz CT molecular complexity index is 895. The Labute approximate surface area is 157 Å². The van der Waals surface area contributed by atoms with Gasteiger partial charge in [0.2, 0.25) is 0 Å². The van der Waals surface area contributed by atoms with Crippen LogP contribution < -0.4 is 9.47 Å². The van der Waals surface area contributed by atoms with Crippen molar-refractivity contribution in [3.05, 3.63) is 71.9 Å². The smallest absolute Gasteiger partial charge is 0.276 e. The first-order chi connectivity index (χ1) is 13.1. The molecule has 3 rings (SSSR count). The number of aromatic nitrogens is 2. The van der Waals surface area contributed by atoms with E-state index in [0.29, 0.717) is 17.3 Å². The Hall–Kier alpha value is -3.35. The quantitative estimate of drug-likeness (QED) is 0.636. The first-order valence-electron chi connectivity index (χ1n) is 8.48. The van der Waals surface area contributed by atoms with Gasteiger partial charge in [-0.2, -0.15) is 0 Å². The van der Waals surface area contributed by atoms with Gasteiger partial charge in [0, 0.05) is 31.6 Å². The molecule has 7 nitrogen and oxygen atoms in total. The van der Waals surface area contributed by atoms with Crippen molar-refractivity contribution in [2.45, 2.75) is 19.6 Å². The molecular weight excluding hydrogens is 346 g/mol. The minimum Gasteiger partial charge on any atom is -0.497 e. The standard InChI is InChI=1S/C20H21N3O4/c1-14(15-7-9-21-10-8-15)23(2)20(24)19-12-18(27-22-19)13-26-17-6-4-5-16(11-17)25-3/h4-12,14H,13H2,1-3H3/t14-/m0/s1. The van der Waals surface area contributed by atoms with Crippen molar-refractivity contribution < 1.29 is 18.8 Å². The number of carbonyl (C=O) groups excluding carboxylic acids is 1. The molecular formula is C20H21N3O4. The van der Waals surface area contributed by atoms with E-state index in [2.05, 4.69) is 10.1 Å². The van der Waals surface area contributed by atoms with Crippen LogP contribution in [0.2, 0.25) is 0 Å². The fourth-order valence-electron chi connectivity index (χ4n) is 2.55. The molecule has 0 N–H and O–H groups in total. The van der Waals surface area contributed by atoms with Crippen LogP contribution in [0.1, 0.15) is 34.8 Å². The molecule has 0 bridgehead atoms. The fourth-order valence-corrected chi connectivity index (χ4v) is 2.55. The monoisotopic (exact) mass is 367 g/mol. The summed E-state index contributed by atoms with van der Waals surface area (Å²) < 4.78 is 16.1. The number of benzene rings is 1. The normalized spacial score (nSPS) is 11.7. The van der Waals surface area contributed by atoms with Gasteiger partial charge >= 0.3 is 0 Å². The van der Waals surface area contributed by atoms with Crippen molar-refractivity contribution in [3.63, 3.8) is 0 Å². The highest BCUT2D eigenvalue weighted by Gasteiger charge is 2.22. The summed E-state index contributed by atoms with van der Waals surface area (Å²) in [7, 11) is 3.32. The zero-order valence-electron chi connectivity index (χ0n) is 15.5. The van der Waals surface area contributed by atoms with Crippen molar-refractivity contribution in [2.24, 2.45) is 0 Å². The molecule has 1 atom stereocenters. The summed E-state index contributed by atoms with van der Waals surface area (Å²) in [6, 6.07) is 12.5. The molecule has 0 fully saturated rings. The lowest BCUT2D eigenvalue weighted by Gasteiger charge is -2.24. The topological polar surface area (TPSA) is 77.7 Å². The Balaban J connectivity index is 1.63. The van der Waals surface area contributed by atoms with E-state index in [1.807, 2.05) is 37.3 Å². The summed E-state index contributed by atoms with van der Waals surface area (Å²) in [5.74, 6) is 1.58. The average Bonchev–Trinajstić information content (AvgIpc) is 3.20. The molecule has 2 heterocycles. The van der Waals surface area contributed by atoms with E-state index < -0.39 is 0 Å². The van der Waals surface area contributed by atoms with E-state index in [1.165, 1.54) is 0 Å². The highest BCUT2D eigenvalue weighted by atomic mass is 16.5. The zero-order chi connectivity index (χ0) is 19.2. The summed E-state index contributed by atoms with van der Waals surface area (Å²) >= 11 is 0. The number of methoxy groups -OCH3 is 1. The highest BCUT2D eigenvalue weighted by Crippen LogP contribution is 2.22. The van der Waals surface area contributed by atoms with E-state index in [4.69, 9.17) is 14.0 Å². The van der Waals surface area contributed by atoms with Crippen LogP contribution in [0.5, 0.6) is 11.5 Å². The molecule has 27 heavy (non-hydrogen) atoms. The third-order valence-corrected chi connectivity index (χ3v) is 4.29. The molecule has 1 amide bonds. The maximum Gasteiger partial charge on any atom is 0.276 e. The number of hydrogen-bond donors (Lipinski definition) is 0. The van der Waals surface area contributed by atoms with Crippen molar-refractivity contribution in [1.82, 2.24) is 15.0 Å². The molecule has 140 valence electrons. The van der Waals surface area contributed by atoms with Gasteiger partial charge in [0.1, 0.15) is 18.1 Å². The fraction of sp³-hybridized carbons (Fsp3) is 0.250. The van der Waals surface area contributed by atoms with E-state index in [9.17, 15) is 4.79 Å². The van der Waals surface area contributed by atoms with Crippen LogP contribution in [0.25, 0.3) is 0 Å². The van der Waals surface area contributed by atoms with E-state index in [0.717, 1.165) is 5.56 Å². The van der Waals surface area contributed by atoms with Gasteiger partial charge < -0.3 is 18.9 Å². The Morgan fingerprint density at radius 3 is 2.67 bits per heavy atom. The van der Waals surface area contributed by atoms with Gasteiger partial charge in [-0.15, -0.1) is 0 Å². The number of pyridine rings is 1. The molecule has 1 aromatic carbocycles. The van der Waals surface area contributed by atoms with Crippen molar-refractivity contribution >= 4 is 5.91 Å². The summed E-state index contributed by atoms with van der Waals surface area (Å²) in [6.07, 6.45) is 3.41. The van der Waals surface area contributed by atoms with E-state index in [-0.39, 0.29) is 24.2 Å². The van der Waals surface area contributed by atoms with Crippen molar-refractivity contribution in [3.8, 4) is 11.5 Å². The van der Waals surface area contributed by atoms with Gasteiger partial charge in [0.25, 0.3) is 5.91 Å². The van der Waals surface area contributed by atoms with Gasteiger partial charge in [0.15, 0.2) is 11.5 Å². The first kappa shape index (κ1) is 18.4. The van der Waals surface area contributed by atoms with Crippen LogP contribution in [-0.4, -0.2) is 35.1 Å². The number of carbonyl (C=O) groups is 1. The molecule has 2 aromatic heterocycles. The molecule has 0 saturated heterocycles. The minimum atomic E-state index is -0.226. The van der Waals surface area contributed by atoms with E-state index in [1.54, 1.807) is 43.6 Å². The molecule has 0 radical (unpaired) electrons. The summed E-state index contributed by atoms with van der Waals surface area (Å²) in [5, 5.41) is 3.88. The number of ether oxygens (including phenoxy) is 2. The highest BCUT2D eigenvalue weighted by molar-refractivity contribution is 5.92. The van der Waals surface area contributed by atoms with Gasteiger partial charge in [0.05, 0.1) is 13.2 Å². The predicted octanol–water partition coefficient (Wildman–Crippen LogP) is 3.49. The number of amides is 1. The second kappa shape index (κ2) is 8.35. The lowest BCUT2D eigenvalue weighted by molar-refractivity contribution is 0.0731. The van der Waals surface area contributed by atoms with Crippen molar-refractivity contribution in [1.29, 1.82) is 0 Å². The SMILES string of the molecule is COc1cccc(OCc2cc(C(=O)N(C)[C@@H](C)c3ccncc3)no2)c1. The molecule has 0 spiro atoms. The van der Waals surface area contributed by atoms with Crippen LogP contribution in [-0.2, 0) is 6.61 Å². The number of nitrogens with zero attached hydrogens (tertiary/aromatic N) is 3. The third-order valence-electron chi connectivity index (χ3n) is 4.29. The molecule has 7 heteroatoms. The van der Waals surface area contributed by atoms with Crippen LogP contribution in [0.15, 0.2) is 59.4 Å². The van der Waals surface area contributed by atoms with E-state index >= 15 is 0 Å². The Kier molecular flexibility index (Phi) is 5.71. The summed E-state index contributed by atoms with van der Waals surface area (Å²) in [5.41, 5.74) is 1.23. The van der Waals surface area contributed by atoms with Crippen LogP contribution >= 0.6 is 0 Å². The van der Waals surface area contributed by atoms with Crippen LogP contribution in [0.4, 0.5) is 0 Å². The third kappa shape index (κ3) is 4.44. The van der Waals surface area contributed by atoms with Gasteiger partial charge in [-0.25, -0.2) is 0 Å². The van der Waals surface area contributed by atoms with Crippen molar-refractivity contribution in [2.75, 3.05) is 14.2 Å². The van der Waals surface area contributed by atoms with Crippen LogP contribution in [0.3, 0.4) is 0 Å². The second-order valence-corrected chi connectivity index (χ2v) is 6.02. The summed E-state index contributed by atoms with van der Waals surface area (Å²) in [6.45, 7) is 2.11. The maximum atomic E-state index is 12.7. The molecule has 0 aliphatic heterocycles. The average molecular weight is 367 g/mol. The predicted molar refractivity (Wildman–Crippen MR) is 98.6 cm³/mol. The number of hydrogen-bond acceptors (Lipinski definition) is 6. The first-order valence-corrected chi connectivity index (χ1v) is 8.48. The van der Waals surface area contributed by atoms with Gasteiger partial charge in [-0.1, -0.05) is 11.2 Å². The minimum absolute atomic E-state index is 0.117. The van der Waals surface area contributed by atoms with Gasteiger partial charge in [-0.3, -0.25) is 9.78 Å².